The maximum Gasteiger partial charge on any atom is 0.338 e. The van der Waals surface area contributed by atoms with Crippen LogP contribution in [-0.4, -0.2) is 61.3 Å². The Morgan fingerprint density at radius 1 is 1.15 bits per heavy atom. The monoisotopic (exact) mass is 368 g/mol. The quantitative estimate of drug-likeness (QED) is 0.619. The van der Waals surface area contributed by atoms with Crippen LogP contribution in [0.25, 0.3) is 0 Å². The normalized spacial score (nSPS) is 17.0. The second kappa shape index (κ2) is 8.86. The molecule has 1 aliphatic rings. The lowest BCUT2D eigenvalue weighted by molar-refractivity contribution is -0.165. The van der Waals surface area contributed by atoms with Crippen molar-refractivity contribution in [3.05, 3.63) is 23.8 Å². The van der Waals surface area contributed by atoms with E-state index in [0.29, 0.717) is 11.5 Å². The molecule has 144 valence electrons. The van der Waals surface area contributed by atoms with Crippen LogP contribution in [0.1, 0.15) is 30.1 Å². The molecule has 0 aliphatic heterocycles. The first-order valence-corrected chi connectivity index (χ1v) is 8.38. The van der Waals surface area contributed by atoms with Crippen LogP contribution in [0.2, 0.25) is 0 Å². The van der Waals surface area contributed by atoms with Crippen LogP contribution in [0.4, 0.5) is 0 Å². The summed E-state index contributed by atoms with van der Waals surface area (Å²) in [7, 11) is 2.92. The summed E-state index contributed by atoms with van der Waals surface area (Å²) in [5.74, 6) is -0.943. The third kappa shape index (κ3) is 4.64. The van der Waals surface area contributed by atoms with Crippen LogP contribution in [0.15, 0.2) is 18.2 Å². The Morgan fingerprint density at radius 2 is 1.81 bits per heavy atom. The van der Waals surface area contributed by atoms with Gasteiger partial charge in [-0.1, -0.05) is 0 Å². The topological polar surface area (TPSA) is 112 Å². The molecule has 0 radical (unpaired) electrons. The van der Waals surface area contributed by atoms with E-state index in [1.54, 1.807) is 13.0 Å². The molecule has 2 rings (SSSR count). The van der Waals surface area contributed by atoms with Crippen molar-refractivity contribution in [1.82, 2.24) is 0 Å². The molecule has 1 aromatic carbocycles. The van der Waals surface area contributed by atoms with Crippen molar-refractivity contribution in [3.8, 4) is 11.5 Å². The van der Waals surface area contributed by atoms with E-state index in [1.807, 2.05) is 0 Å². The van der Waals surface area contributed by atoms with Crippen molar-refractivity contribution in [2.45, 2.75) is 38.1 Å². The Labute approximate surface area is 151 Å². The van der Waals surface area contributed by atoms with Gasteiger partial charge in [0.15, 0.2) is 17.6 Å². The van der Waals surface area contributed by atoms with Crippen molar-refractivity contribution in [3.63, 3.8) is 0 Å². The van der Waals surface area contributed by atoms with Crippen LogP contribution >= 0.6 is 0 Å². The van der Waals surface area contributed by atoms with Gasteiger partial charge >= 0.3 is 11.9 Å². The molecule has 0 bridgehead atoms. The zero-order valence-corrected chi connectivity index (χ0v) is 15.0. The largest absolute Gasteiger partial charge is 0.493 e. The summed E-state index contributed by atoms with van der Waals surface area (Å²) in [5.41, 5.74) is 0.200. The standard InChI is InChI=1S/C18H24O8/c1-4-25-18(22)15(20)14(19)16(10-5-6-10)26-17(21)11-7-8-12(23-2)13(9-11)24-3/h7-10,14-16,19-20H,4-6H2,1-3H3/t14-,15+,16-/m1/s1. The van der Waals surface area contributed by atoms with Crippen LogP contribution in [-0.2, 0) is 14.3 Å². The van der Waals surface area contributed by atoms with Crippen molar-refractivity contribution >= 4 is 11.9 Å². The molecule has 1 aromatic rings. The van der Waals surface area contributed by atoms with Crippen molar-refractivity contribution in [2.75, 3.05) is 20.8 Å². The molecule has 0 aromatic heterocycles. The highest BCUT2D eigenvalue weighted by Crippen LogP contribution is 2.37. The first-order valence-electron chi connectivity index (χ1n) is 8.38. The van der Waals surface area contributed by atoms with Gasteiger partial charge < -0.3 is 29.2 Å². The number of hydrogen-bond acceptors (Lipinski definition) is 8. The number of hydrogen-bond donors (Lipinski definition) is 2. The van der Waals surface area contributed by atoms with Gasteiger partial charge in [-0.2, -0.15) is 0 Å². The van der Waals surface area contributed by atoms with Gasteiger partial charge in [-0.25, -0.2) is 9.59 Å². The number of esters is 2. The summed E-state index contributed by atoms with van der Waals surface area (Å²) in [6, 6.07) is 4.52. The fraction of sp³-hybridized carbons (Fsp3) is 0.556. The van der Waals surface area contributed by atoms with Crippen molar-refractivity contribution < 1.29 is 38.7 Å². The molecular formula is C18H24O8. The zero-order valence-electron chi connectivity index (χ0n) is 15.0. The molecule has 8 heteroatoms. The van der Waals surface area contributed by atoms with E-state index in [-0.39, 0.29) is 18.1 Å². The fourth-order valence-electron chi connectivity index (χ4n) is 2.57. The lowest BCUT2D eigenvalue weighted by Crippen LogP contribution is -2.46. The number of carbonyl (C=O) groups excluding carboxylic acids is 2. The molecule has 1 saturated carbocycles. The zero-order chi connectivity index (χ0) is 19.3. The number of rotatable bonds is 9. The fourth-order valence-corrected chi connectivity index (χ4v) is 2.57. The Morgan fingerprint density at radius 3 is 2.35 bits per heavy atom. The van der Waals surface area contributed by atoms with E-state index < -0.39 is 30.3 Å². The second-order valence-corrected chi connectivity index (χ2v) is 5.96. The summed E-state index contributed by atoms with van der Waals surface area (Å²) < 4.78 is 20.4. The highest BCUT2D eigenvalue weighted by molar-refractivity contribution is 5.90. The maximum absolute atomic E-state index is 12.5. The molecular weight excluding hydrogens is 344 g/mol. The summed E-state index contributed by atoms with van der Waals surface area (Å²) in [6.07, 6.45) is -2.88. The molecule has 0 amide bonds. The smallest absolute Gasteiger partial charge is 0.338 e. The Kier molecular flexibility index (Phi) is 6.82. The average Bonchev–Trinajstić information content (AvgIpc) is 3.49. The highest BCUT2D eigenvalue weighted by atomic mass is 16.6. The predicted molar refractivity (Wildman–Crippen MR) is 90.1 cm³/mol. The van der Waals surface area contributed by atoms with Gasteiger partial charge in [0, 0.05) is 0 Å². The summed E-state index contributed by atoms with van der Waals surface area (Å²) in [6.45, 7) is 1.66. The van der Waals surface area contributed by atoms with Gasteiger partial charge in [-0.05, 0) is 43.9 Å². The minimum Gasteiger partial charge on any atom is -0.493 e. The molecule has 2 N–H and O–H groups in total. The Balaban J connectivity index is 2.12. The SMILES string of the molecule is CCOC(=O)[C@@H](O)[C@@H](O)[C@H](OC(=O)c1ccc(OC)c(OC)c1)C1CC1. The Bertz CT molecular complexity index is 640. The first kappa shape index (κ1) is 20.0. The second-order valence-electron chi connectivity index (χ2n) is 5.96. The predicted octanol–water partition coefficient (Wildman–Crippen LogP) is 0.924. The molecule has 0 spiro atoms. The third-order valence-corrected chi connectivity index (χ3v) is 4.14. The van der Waals surface area contributed by atoms with Gasteiger partial charge in [0.1, 0.15) is 12.2 Å². The molecule has 8 nitrogen and oxygen atoms in total. The molecule has 0 saturated heterocycles. The molecule has 0 unspecified atom stereocenters. The number of methoxy groups -OCH3 is 2. The third-order valence-electron chi connectivity index (χ3n) is 4.14. The number of carbonyl (C=O) groups is 2. The molecule has 0 heterocycles. The van der Waals surface area contributed by atoms with Crippen LogP contribution in [0.3, 0.4) is 0 Å². The van der Waals surface area contributed by atoms with E-state index >= 15 is 0 Å². The van der Waals surface area contributed by atoms with Gasteiger partial charge in [0.2, 0.25) is 0 Å². The number of aliphatic hydroxyl groups excluding tert-OH is 2. The minimum absolute atomic E-state index is 0.0716. The summed E-state index contributed by atoms with van der Waals surface area (Å²) in [5, 5.41) is 20.2. The van der Waals surface area contributed by atoms with Crippen LogP contribution < -0.4 is 9.47 Å². The lowest BCUT2D eigenvalue weighted by Gasteiger charge is -2.25. The van der Waals surface area contributed by atoms with E-state index in [0.717, 1.165) is 12.8 Å². The summed E-state index contributed by atoms with van der Waals surface area (Å²) in [4.78, 5) is 24.1. The maximum atomic E-state index is 12.5. The average molecular weight is 368 g/mol. The van der Waals surface area contributed by atoms with Crippen LogP contribution in [0.5, 0.6) is 11.5 Å². The molecule has 26 heavy (non-hydrogen) atoms. The Hall–Kier alpha value is -2.32. The van der Waals surface area contributed by atoms with Gasteiger partial charge in [-0.15, -0.1) is 0 Å². The first-order chi connectivity index (χ1) is 12.4. The summed E-state index contributed by atoms with van der Waals surface area (Å²) >= 11 is 0. The minimum atomic E-state index is -1.78. The van der Waals surface area contributed by atoms with E-state index in [2.05, 4.69) is 0 Å². The number of ether oxygens (including phenoxy) is 4. The van der Waals surface area contributed by atoms with Gasteiger partial charge in [0.25, 0.3) is 0 Å². The van der Waals surface area contributed by atoms with Crippen molar-refractivity contribution in [1.29, 1.82) is 0 Å². The van der Waals surface area contributed by atoms with Gasteiger partial charge in [0.05, 0.1) is 26.4 Å². The van der Waals surface area contributed by atoms with E-state index in [9.17, 15) is 19.8 Å². The van der Waals surface area contributed by atoms with Crippen LogP contribution in [0, 0.1) is 5.92 Å². The lowest BCUT2D eigenvalue weighted by atomic mass is 10.0. The van der Waals surface area contributed by atoms with Gasteiger partial charge in [-0.3, -0.25) is 0 Å². The number of aliphatic hydroxyl groups is 2. The van der Waals surface area contributed by atoms with E-state index in [1.165, 1.54) is 26.4 Å². The highest BCUT2D eigenvalue weighted by Gasteiger charge is 2.44. The van der Waals surface area contributed by atoms with Crippen molar-refractivity contribution in [2.24, 2.45) is 5.92 Å². The molecule has 1 aliphatic carbocycles. The number of benzene rings is 1. The molecule has 1 fully saturated rings. The van der Waals surface area contributed by atoms with E-state index in [4.69, 9.17) is 18.9 Å². The molecule has 3 atom stereocenters.